The first kappa shape index (κ1) is 22.1. The number of rotatable bonds is 5. The van der Waals surface area contributed by atoms with Crippen LogP contribution >= 0.6 is 0 Å². The molecule has 0 bridgehead atoms. The summed E-state index contributed by atoms with van der Waals surface area (Å²) >= 11 is 0. The molecule has 6 heteroatoms. The number of anilines is 3. The molecule has 2 aliphatic rings. The van der Waals surface area contributed by atoms with Crippen LogP contribution in [0.4, 0.5) is 17.1 Å². The Balaban J connectivity index is 1.33. The summed E-state index contributed by atoms with van der Waals surface area (Å²) in [6.45, 7) is 5.37. The second-order valence-electron chi connectivity index (χ2n) is 10.0. The zero-order chi connectivity index (χ0) is 23.9. The van der Waals surface area contributed by atoms with Gasteiger partial charge in [-0.25, -0.2) is 0 Å². The molecule has 1 aromatic heterocycles. The van der Waals surface area contributed by atoms with Gasteiger partial charge in [-0.3, -0.25) is 14.6 Å². The maximum absolute atomic E-state index is 13.6. The number of amides is 2. The molecule has 0 saturated carbocycles. The summed E-state index contributed by atoms with van der Waals surface area (Å²) in [4.78, 5) is 34.1. The Bertz CT molecular complexity index is 1240. The smallest absolute Gasteiger partial charge is 0.232 e. The number of carbonyl (C=O) groups is 2. The van der Waals surface area contributed by atoms with Crippen molar-refractivity contribution >= 4 is 28.9 Å². The van der Waals surface area contributed by atoms with Crippen LogP contribution in [0.3, 0.4) is 0 Å². The highest BCUT2D eigenvalue weighted by molar-refractivity contribution is 6.05. The Morgan fingerprint density at radius 3 is 2.68 bits per heavy atom. The fourth-order valence-electron chi connectivity index (χ4n) is 5.15. The fourth-order valence-corrected chi connectivity index (χ4v) is 5.15. The normalized spacial score (nSPS) is 18.9. The van der Waals surface area contributed by atoms with Gasteiger partial charge in [0.1, 0.15) is 0 Å². The van der Waals surface area contributed by atoms with E-state index in [1.54, 1.807) is 23.2 Å². The quantitative estimate of drug-likeness (QED) is 0.588. The van der Waals surface area contributed by atoms with Crippen molar-refractivity contribution < 1.29 is 9.59 Å². The van der Waals surface area contributed by atoms with Crippen molar-refractivity contribution in [2.75, 3.05) is 28.6 Å². The Labute approximate surface area is 200 Å². The van der Waals surface area contributed by atoms with Crippen molar-refractivity contribution in [3.8, 4) is 0 Å². The van der Waals surface area contributed by atoms with Crippen molar-refractivity contribution in [3.63, 3.8) is 0 Å². The average molecular weight is 455 g/mol. The van der Waals surface area contributed by atoms with E-state index in [2.05, 4.69) is 43.1 Å². The SMILES string of the molecule is CC1(C)CN(C(=O)C2CC(=O)N(c3cccc(N)c3)C2)c2ccc(CCc3cccnc3)cc21. The summed E-state index contributed by atoms with van der Waals surface area (Å²) in [5.74, 6) is -0.371. The summed E-state index contributed by atoms with van der Waals surface area (Å²) in [6.07, 6.45) is 5.78. The first-order valence-corrected chi connectivity index (χ1v) is 11.8. The summed E-state index contributed by atoms with van der Waals surface area (Å²) in [7, 11) is 0. The first-order chi connectivity index (χ1) is 16.3. The molecule has 0 radical (unpaired) electrons. The minimum Gasteiger partial charge on any atom is -0.399 e. The third-order valence-electron chi connectivity index (χ3n) is 6.98. The maximum Gasteiger partial charge on any atom is 0.232 e. The first-order valence-electron chi connectivity index (χ1n) is 11.8. The number of hydrogen-bond donors (Lipinski definition) is 1. The van der Waals surface area contributed by atoms with Crippen LogP contribution in [0.25, 0.3) is 0 Å². The van der Waals surface area contributed by atoms with Crippen LogP contribution in [0.1, 0.15) is 37.0 Å². The standard InChI is InChI=1S/C28H30N4O2/c1-28(2)18-32(25-11-10-19(13-24(25)28)8-9-20-5-4-12-30-16-20)27(34)21-14-26(33)31(17-21)23-7-3-6-22(29)15-23/h3-7,10-13,15-16,21H,8-9,14,17-18,29H2,1-2H3. The lowest BCUT2D eigenvalue weighted by molar-refractivity contribution is -0.124. The number of aryl methyl sites for hydroxylation is 2. The molecule has 1 atom stereocenters. The number of nitrogens with two attached hydrogens (primary N) is 1. The molecule has 5 rings (SSSR count). The number of nitrogen functional groups attached to an aromatic ring is 1. The molecular formula is C28H30N4O2. The largest absolute Gasteiger partial charge is 0.399 e. The molecular weight excluding hydrogens is 424 g/mol. The van der Waals surface area contributed by atoms with E-state index < -0.39 is 0 Å². The molecule has 174 valence electrons. The lowest BCUT2D eigenvalue weighted by Gasteiger charge is -2.23. The number of aromatic nitrogens is 1. The Kier molecular flexibility index (Phi) is 5.60. The molecule has 3 aromatic rings. The molecule has 34 heavy (non-hydrogen) atoms. The summed E-state index contributed by atoms with van der Waals surface area (Å²) in [6, 6.07) is 17.8. The summed E-state index contributed by atoms with van der Waals surface area (Å²) in [5.41, 5.74) is 11.7. The fraction of sp³-hybridized carbons (Fsp3) is 0.321. The van der Waals surface area contributed by atoms with E-state index in [4.69, 9.17) is 5.73 Å². The van der Waals surface area contributed by atoms with Crippen LogP contribution in [0.15, 0.2) is 67.0 Å². The summed E-state index contributed by atoms with van der Waals surface area (Å²) in [5, 5.41) is 0. The second kappa shape index (κ2) is 8.60. The van der Waals surface area contributed by atoms with E-state index in [0.29, 0.717) is 18.8 Å². The number of carbonyl (C=O) groups excluding carboxylic acids is 2. The van der Waals surface area contributed by atoms with E-state index in [1.165, 1.54) is 16.7 Å². The lowest BCUT2D eigenvalue weighted by atomic mass is 9.85. The number of fused-ring (bicyclic) bond motifs is 1. The minimum absolute atomic E-state index is 0.0229. The Morgan fingerprint density at radius 1 is 1.09 bits per heavy atom. The third-order valence-corrected chi connectivity index (χ3v) is 6.98. The maximum atomic E-state index is 13.6. The number of hydrogen-bond acceptors (Lipinski definition) is 4. The van der Waals surface area contributed by atoms with Gasteiger partial charge in [0, 0.05) is 54.4 Å². The van der Waals surface area contributed by atoms with Crippen LogP contribution in [0, 0.1) is 5.92 Å². The van der Waals surface area contributed by atoms with Crippen molar-refractivity contribution in [1.29, 1.82) is 0 Å². The molecule has 2 amide bonds. The molecule has 0 spiro atoms. The van der Waals surface area contributed by atoms with E-state index in [1.807, 2.05) is 29.3 Å². The van der Waals surface area contributed by atoms with Crippen molar-refractivity contribution in [3.05, 3.63) is 83.7 Å². The molecule has 2 aliphatic heterocycles. The number of pyridine rings is 1. The number of benzene rings is 2. The Hall–Kier alpha value is -3.67. The van der Waals surface area contributed by atoms with Crippen molar-refractivity contribution in [1.82, 2.24) is 4.98 Å². The monoisotopic (exact) mass is 454 g/mol. The molecule has 2 N–H and O–H groups in total. The van der Waals surface area contributed by atoms with Crippen molar-refractivity contribution in [2.45, 2.75) is 38.5 Å². The van der Waals surface area contributed by atoms with Gasteiger partial charge in [0.25, 0.3) is 0 Å². The van der Waals surface area contributed by atoms with Gasteiger partial charge >= 0.3 is 0 Å². The van der Waals surface area contributed by atoms with Gasteiger partial charge in [-0.2, -0.15) is 0 Å². The molecule has 3 heterocycles. The molecule has 0 aliphatic carbocycles. The van der Waals surface area contributed by atoms with Gasteiger partial charge in [0.2, 0.25) is 11.8 Å². The van der Waals surface area contributed by atoms with Crippen LogP contribution in [0.2, 0.25) is 0 Å². The molecule has 1 unspecified atom stereocenters. The van der Waals surface area contributed by atoms with Crippen molar-refractivity contribution in [2.24, 2.45) is 5.92 Å². The van der Waals surface area contributed by atoms with E-state index in [9.17, 15) is 9.59 Å². The molecule has 2 aromatic carbocycles. The molecule has 1 fully saturated rings. The van der Waals surface area contributed by atoms with E-state index in [-0.39, 0.29) is 29.6 Å². The third kappa shape index (κ3) is 4.16. The van der Waals surface area contributed by atoms with Crippen LogP contribution in [-0.4, -0.2) is 29.9 Å². The van der Waals surface area contributed by atoms with Gasteiger partial charge in [-0.15, -0.1) is 0 Å². The van der Waals surface area contributed by atoms with Gasteiger partial charge in [-0.1, -0.05) is 38.1 Å². The predicted octanol–water partition coefficient (Wildman–Crippen LogP) is 4.13. The number of nitrogens with zero attached hydrogens (tertiary/aromatic N) is 3. The van der Waals surface area contributed by atoms with Gasteiger partial charge in [0.15, 0.2) is 0 Å². The second-order valence-corrected chi connectivity index (χ2v) is 10.0. The highest BCUT2D eigenvalue weighted by Crippen LogP contribution is 2.42. The van der Waals surface area contributed by atoms with E-state index >= 15 is 0 Å². The highest BCUT2D eigenvalue weighted by atomic mass is 16.2. The lowest BCUT2D eigenvalue weighted by Crippen LogP contribution is -2.39. The highest BCUT2D eigenvalue weighted by Gasteiger charge is 2.43. The predicted molar refractivity (Wildman–Crippen MR) is 135 cm³/mol. The van der Waals surface area contributed by atoms with E-state index in [0.717, 1.165) is 24.2 Å². The van der Waals surface area contributed by atoms with Crippen LogP contribution < -0.4 is 15.5 Å². The topological polar surface area (TPSA) is 79.5 Å². The average Bonchev–Trinajstić information content (AvgIpc) is 3.35. The Morgan fingerprint density at radius 2 is 1.91 bits per heavy atom. The van der Waals surface area contributed by atoms with Crippen LogP contribution in [-0.2, 0) is 27.8 Å². The van der Waals surface area contributed by atoms with Gasteiger partial charge < -0.3 is 15.5 Å². The van der Waals surface area contributed by atoms with Crippen LogP contribution in [0.5, 0.6) is 0 Å². The molecule has 1 saturated heterocycles. The zero-order valence-corrected chi connectivity index (χ0v) is 19.7. The summed E-state index contributed by atoms with van der Waals surface area (Å²) < 4.78 is 0. The zero-order valence-electron chi connectivity index (χ0n) is 19.7. The van der Waals surface area contributed by atoms with Gasteiger partial charge in [-0.05, 0) is 59.9 Å². The molecule has 6 nitrogen and oxygen atoms in total. The minimum atomic E-state index is -0.360. The van der Waals surface area contributed by atoms with Gasteiger partial charge in [0.05, 0.1) is 5.92 Å².